The highest BCUT2D eigenvalue weighted by Crippen LogP contribution is 2.21. The van der Waals surface area contributed by atoms with E-state index in [-0.39, 0.29) is 18.9 Å². The van der Waals surface area contributed by atoms with E-state index in [1.54, 1.807) is 12.1 Å². The van der Waals surface area contributed by atoms with Gasteiger partial charge in [-0.1, -0.05) is 0 Å². The first kappa shape index (κ1) is 16.3. The molecule has 1 aromatic heterocycles. The highest BCUT2D eigenvalue weighted by Gasteiger charge is 2.25. The van der Waals surface area contributed by atoms with Gasteiger partial charge < -0.3 is 10.6 Å². The van der Waals surface area contributed by atoms with Gasteiger partial charge in [0.25, 0.3) is 5.91 Å². The van der Waals surface area contributed by atoms with E-state index < -0.39 is 12.6 Å². The molecular weight excluding hydrogens is 271 g/mol. The number of pyridine rings is 1. The Labute approximate surface area is 115 Å². The summed E-state index contributed by atoms with van der Waals surface area (Å²) in [4.78, 5) is 15.8. The molecule has 7 heteroatoms. The normalized spacial score (nSPS) is 11.2. The fourth-order valence-electron chi connectivity index (χ4n) is 1.60. The SMILES string of the molecule is CCNc1cc(C(=O)NCCCCC(F)(F)F)ccn1. The third kappa shape index (κ3) is 6.40. The molecule has 0 atom stereocenters. The smallest absolute Gasteiger partial charge is 0.370 e. The third-order valence-corrected chi connectivity index (χ3v) is 2.55. The van der Waals surface area contributed by atoms with E-state index in [4.69, 9.17) is 0 Å². The second-order valence-corrected chi connectivity index (χ2v) is 4.29. The summed E-state index contributed by atoms with van der Waals surface area (Å²) >= 11 is 0. The van der Waals surface area contributed by atoms with Gasteiger partial charge in [-0.15, -0.1) is 0 Å². The van der Waals surface area contributed by atoms with E-state index in [9.17, 15) is 18.0 Å². The first-order valence-corrected chi connectivity index (χ1v) is 6.47. The zero-order valence-corrected chi connectivity index (χ0v) is 11.3. The van der Waals surface area contributed by atoms with Crippen LogP contribution in [0.1, 0.15) is 36.5 Å². The molecule has 0 aliphatic rings. The molecule has 0 saturated heterocycles. The standard InChI is InChI=1S/C13H18F3N3O/c1-2-17-11-9-10(5-8-18-11)12(20)19-7-4-3-6-13(14,15)16/h5,8-9H,2-4,6-7H2,1H3,(H,17,18)(H,19,20). The van der Waals surface area contributed by atoms with Gasteiger partial charge in [-0.25, -0.2) is 4.98 Å². The van der Waals surface area contributed by atoms with Crippen molar-refractivity contribution >= 4 is 11.7 Å². The lowest BCUT2D eigenvalue weighted by Gasteiger charge is -2.08. The number of alkyl halides is 3. The van der Waals surface area contributed by atoms with Crippen LogP contribution in [0.2, 0.25) is 0 Å². The number of rotatable bonds is 7. The predicted molar refractivity (Wildman–Crippen MR) is 70.6 cm³/mol. The van der Waals surface area contributed by atoms with Crippen molar-refractivity contribution in [2.24, 2.45) is 0 Å². The van der Waals surface area contributed by atoms with Crippen LogP contribution in [0.5, 0.6) is 0 Å². The number of anilines is 1. The van der Waals surface area contributed by atoms with Gasteiger partial charge in [0.15, 0.2) is 0 Å². The average molecular weight is 289 g/mol. The molecule has 0 bridgehead atoms. The molecule has 2 N–H and O–H groups in total. The monoisotopic (exact) mass is 289 g/mol. The second kappa shape index (κ2) is 7.72. The van der Waals surface area contributed by atoms with Crippen molar-refractivity contribution in [1.82, 2.24) is 10.3 Å². The van der Waals surface area contributed by atoms with Gasteiger partial charge in [0.05, 0.1) is 0 Å². The van der Waals surface area contributed by atoms with E-state index >= 15 is 0 Å². The van der Waals surface area contributed by atoms with E-state index in [0.717, 1.165) is 0 Å². The van der Waals surface area contributed by atoms with Gasteiger partial charge in [-0.05, 0) is 31.9 Å². The molecule has 0 unspecified atom stereocenters. The van der Waals surface area contributed by atoms with E-state index in [0.29, 0.717) is 24.3 Å². The Kier molecular flexibility index (Phi) is 6.27. The molecule has 0 radical (unpaired) electrons. The Balaban J connectivity index is 2.34. The van der Waals surface area contributed by atoms with Crippen LogP contribution in [0.25, 0.3) is 0 Å². The van der Waals surface area contributed by atoms with Crippen molar-refractivity contribution in [1.29, 1.82) is 0 Å². The van der Waals surface area contributed by atoms with Crippen molar-refractivity contribution in [2.45, 2.75) is 32.4 Å². The molecule has 1 rings (SSSR count). The number of carbonyl (C=O) groups is 1. The summed E-state index contributed by atoms with van der Waals surface area (Å²) in [6.45, 7) is 2.83. The molecule has 4 nitrogen and oxygen atoms in total. The summed E-state index contributed by atoms with van der Waals surface area (Å²) < 4.78 is 35.8. The first-order chi connectivity index (χ1) is 9.42. The van der Waals surface area contributed by atoms with Crippen LogP contribution >= 0.6 is 0 Å². The van der Waals surface area contributed by atoms with Gasteiger partial charge in [0, 0.05) is 31.3 Å². The number of carbonyl (C=O) groups excluding carboxylic acids is 1. The topological polar surface area (TPSA) is 54.0 Å². The summed E-state index contributed by atoms with van der Waals surface area (Å²) in [5.74, 6) is 0.288. The lowest BCUT2D eigenvalue weighted by molar-refractivity contribution is -0.135. The summed E-state index contributed by atoms with van der Waals surface area (Å²) in [6.07, 6.45) is -3.12. The second-order valence-electron chi connectivity index (χ2n) is 4.29. The minimum Gasteiger partial charge on any atom is -0.370 e. The van der Waals surface area contributed by atoms with Gasteiger partial charge >= 0.3 is 6.18 Å². The lowest BCUT2D eigenvalue weighted by Crippen LogP contribution is -2.25. The van der Waals surface area contributed by atoms with E-state index in [1.807, 2.05) is 6.92 Å². The Bertz CT molecular complexity index is 435. The number of unbranched alkanes of at least 4 members (excludes halogenated alkanes) is 1. The number of hydrogen-bond donors (Lipinski definition) is 2. The largest absolute Gasteiger partial charge is 0.389 e. The summed E-state index contributed by atoms with van der Waals surface area (Å²) in [5, 5.41) is 5.57. The maximum absolute atomic E-state index is 11.9. The molecule has 0 fully saturated rings. The Hall–Kier alpha value is -1.79. The predicted octanol–water partition coefficient (Wildman–Crippen LogP) is 2.98. The van der Waals surface area contributed by atoms with Crippen molar-refractivity contribution in [2.75, 3.05) is 18.4 Å². The van der Waals surface area contributed by atoms with Crippen LogP contribution in [0, 0.1) is 0 Å². The quantitative estimate of drug-likeness (QED) is 0.759. The van der Waals surface area contributed by atoms with Crippen molar-refractivity contribution in [3.63, 3.8) is 0 Å². The summed E-state index contributed by atoms with van der Waals surface area (Å²) in [6, 6.07) is 3.17. The fourth-order valence-corrected chi connectivity index (χ4v) is 1.60. The Morgan fingerprint density at radius 2 is 2.10 bits per heavy atom. The van der Waals surface area contributed by atoms with Crippen molar-refractivity contribution in [3.05, 3.63) is 23.9 Å². The molecule has 0 saturated carbocycles. The van der Waals surface area contributed by atoms with Crippen LogP contribution in [-0.2, 0) is 0 Å². The molecule has 0 aromatic carbocycles. The zero-order valence-electron chi connectivity index (χ0n) is 11.3. The van der Waals surface area contributed by atoms with Crippen molar-refractivity contribution in [3.8, 4) is 0 Å². The number of nitrogens with zero attached hydrogens (tertiary/aromatic N) is 1. The van der Waals surface area contributed by atoms with E-state index in [1.165, 1.54) is 6.20 Å². The van der Waals surface area contributed by atoms with Crippen LogP contribution in [0.3, 0.4) is 0 Å². The lowest BCUT2D eigenvalue weighted by atomic mass is 10.2. The highest BCUT2D eigenvalue weighted by molar-refractivity contribution is 5.94. The van der Waals surface area contributed by atoms with Gasteiger partial charge in [-0.2, -0.15) is 13.2 Å². The Morgan fingerprint density at radius 3 is 2.75 bits per heavy atom. The van der Waals surface area contributed by atoms with Crippen LogP contribution in [0.15, 0.2) is 18.3 Å². The van der Waals surface area contributed by atoms with E-state index in [2.05, 4.69) is 15.6 Å². The minimum atomic E-state index is -4.13. The number of amides is 1. The van der Waals surface area contributed by atoms with Gasteiger partial charge in [-0.3, -0.25) is 4.79 Å². The van der Waals surface area contributed by atoms with Crippen LogP contribution in [-0.4, -0.2) is 30.2 Å². The fraction of sp³-hybridized carbons (Fsp3) is 0.538. The molecule has 1 heterocycles. The first-order valence-electron chi connectivity index (χ1n) is 6.47. The average Bonchev–Trinajstić information content (AvgIpc) is 2.37. The molecule has 112 valence electrons. The number of hydrogen-bond acceptors (Lipinski definition) is 3. The minimum absolute atomic E-state index is 0.0166. The highest BCUT2D eigenvalue weighted by atomic mass is 19.4. The molecule has 0 aliphatic heterocycles. The number of halogens is 3. The maximum Gasteiger partial charge on any atom is 0.389 e. The number of nitrogens with one attached hydrogen (secondary N) is 2. The molecule has 0 spiro atoms. The summed E-state index contributed by atoms with van der Waals surface area (Å²) in [5.41, 5.74) is 0.437. The molecule has 0 aliphatic carbocycles. The zero-order chi connectivity index (χ0) is 15.0. The van der Waals surface area contributed by atoms with Crippen LogP contribution < -0.4 is 10.6 Å². The van der Waals surface area contributed by atoms with Crippen LogP contribution in [0.4, 0.5) is 19.0 Å². The van der Waals surface area contributed by atoms with Gasteiger partial charge in [0.1, 0.15) is 5.82 Å². The summed E-state index contributed by atoms with van der Waals surface area (Å²) in [7, 11) is 0. The third-order valence-electron chi connectivity index (χ3n) is 2.55. The molecule has 1 amide bonds. The Morgan fingerprint density at radius 1 is 1.35 bits per heavy atom. The maximum atomic E-state index is 11.9. The van der Waals surface area contributed by atoms with Crippen molar-refractivity contribution < 1.29 is 18.0 Å². The van der Waals surface area contributed by atoms with Gasteiger partial charge in [0.2, 0.25) is 0 Å². The molecular formula is C13H18F3N3O. The molecule has 20 heavy (non-hydrogen) atoms. The molecule has 1 aromatic rings. The number of aromatic nitrogens is 1.